The lowest BCUT2D eigenvalue weighted by atomic mass is 11.3. The van der Waals surface area contributed by atoms with Gasteiger partial charge in [0.1, 0.15) is 6.09 Å². The second kappa shape index (κ2) is 5.96. The summed E-state index contributed by atoms with van der Waals surface area (Å²) in [5, 5.41) is 7.92. The average Bonchev–Trinajstić information content (AvgIpc) is 1.25. The Morgan fingerprint density at radius 2 is 1.38 bits per heavy atom. The topological polar surface area (TPSA) is 109 Å². The van der Waals surface area contributed by atoms with Crippen LogP contribution in [0, 0.1) is 0 Å². The van der Waals surface area contributed by atoms with E-state index in [9.17, 15) is 0 Å². The molecule has 8 heavy (non-hydrogen) atoms. The van der Waals surface area contributed by atoms with Crippen molar-refractivity contribution in [1.29, 1.82) is 0 Å². The molecule has 0 saturated heterocycles. The number of hydrogen-bond acceptors (Lipinski definition) is 4. The molecule has 0 aliphatic carbocycles. The lowest BCUT2D eigenvalue weighted by Gasteiger charge is -1.83. The van der Waals surface area contributed by atoms with Crippen molar-refractivity contribution in [2.75, 3.05) is 0 Å². The van der Waals surface area contributed by atoms with Gasteiger partial charge in [0, 0.05) is 0 Å². The van der Waals surface area contributed by atoms with Gasteiger partial charge in [0.05, 0.1) is 5.24 Å². The highest BCUT2D eigenvalue weighted by molar-refractivity contribution is 7.76. The molecule has 0 fully saturated rings. The van der Waals surface area contributed by atoms with Gasteiger partial charge in [-0.2, -0.15) is 0 Å². The van der Waals surface area contributed by atoms with E-state index >= 15 is 0 Å². The van der Waals surface area contributed by atoms with E-state index in [1.54, 1.807) is 0 Å². The lowest BCUT2D eigenvalue weighted by molar-refractivity contribution is -0.245. The highest BCUT2D eigenvalue weighted by Crippen LogP contribution is 1.40. The molecule has 0 aliphatic rings. The maximum Gasteiger partial charge on any atom is 0.131 e. The van der Waals surface area contributed by atoms with Gasteiger partial charge in [-0.25, -0.2) is 0 Å². The molecule has 0 bridgehead atoms. The van der Waals surface area contributed by atoms with Crippen LogP contribution in [0.5, 0.6) is 0 Å². The molecule has 0 unspecified atom stereocenters. The third-order valence-electron chi connectivity index (χ3n) is 0. The smallest absolute Gasteiger partial charge is 0.131 e. The molecule has 0 aromatic heterocycles. The summed E-state index contributed by atoms with van der Waals surface area (Å²) in [6.45, 7) is 0. The number of rotatable bonds is 0. The van der Waals surface area contributed by atoms with Crippen LogP contribution in [0.4, 0.5) is 9.59 Å². The minimum atomic E-state index is -1.58. The van der Waals surface area contributed by atoms with Crippen LogP contribution < -0.4 is 16.6 Å². The Hall–Kier alpha value is -1.04. The first-order valence-corrected chi connectivity index (χ1v) is 1.80. The largest absolute Gasteiger partial charge is 0.719 e. The maximum absolute atomic E-state index is 9.04. The normalized spacial score (nSPS) is 6.00. The van der Waals surface area contributed by atoms with E-state index in [0.717, 1.165) is 0 Å². The Morgan fingerprint density at radius 3 is 1.38 bits per heavy atom. The van der Waals surface area contributed by atoms with Crippen molar-refractivity contribution in [3.63, 3.8) is 0 Å². The van der Waals surface area contributed by atoms with Crippen molar-refractivity contribution >= 4 is 24.0 Å². The first kappa shape index (κ1) is 10.0. The minimum Gasteiger partial charge on any atom is -0.719 e. The molecular weight excluding hydrogens is 132 g/mol. The quantitative estimate of drug-likeness (QED) is 0.372. The molecule has 6 heteroatoms. The summed E-state index contributed by atoms with van der Waals surface area (Å²) in [4.78, 5) is 17.7. The molecule has 0 radical (unpaired) electrons. The van der Waals surface area contributed by atoms with Crippen LogP contribution in [0.1, 0.15) is 0 Å². The van der Waals surface area contributed by atoms with E-state index < -0.39 is 11.3 Å². The Labute approximate surface area is 51.1 Å². The first-order valence-electron chi connectivity index (χ1n) is 1.39. The summed E-state index contributed by atoms with van der Waals surface area (Å²) in [6.07, 6.45) is -1.58. The van der Waals surface area contributed by atoms with Crippen LogP contribution in [0.25, 0.3) is 0 Å². The van der Waals surface area contributed by atoms with Crippen molar-refractivity contribution in [3.05, 3.63) is 0 Å². The molecule has 48 valence electrons. The molecule has 0 aromatic rings. The number of hydrogen-bond donors (Lipinski definition) is 2. The van der Waals surface area contributed by atoms with Crippen LogP contribution in [-0.2, 0) is 12.6 Å². The third kappa shape index (κ3) is 71.9. The fraction of sp³-hybridized carbons (Fsp3) is 0. The SMILES string of the molecule is NC(=O)[O-].NC(=O)[S-]. The Bertz CT molecular complexity index is 73.3. The van der Waals surface area contributed by atoms with Crippen molar-refractivity contribution in [2.45, 2.75) is 0 Å². The Morgan fingerprint density at radius 1 is 1.38 bits per heavy atom. The molecule has 4 N–H and O–H groups in total. The first-order chi connectivity index (χ1) is 3.46. The predicted octanol–water partition coefficient (Wildman–Crippen LogP) is -2.10. The van der Waals surface area contributed by atoms with Gasteiger partial charge in [-0.1, -0.05) is 0 Å². The summed E-state index contributed by atoms with van der Waals surface area (Å²) in [5.74, 6) is 0. The molecule has 0 rings (SSSR count). The molecule has 0 spiro atoms. The van der Waals surface area contributed by atoms with Gasteiger partial charge in [0.15, 0.2) is 0 Å². The second-order valence-corrected chi connectivity index (χ2v) is 1.04. The fourth-order valence-corrected chi connectivity index (χ4v) is 0. The number of amides is 2. The van der Waals surface area contributed by atoms with E-state index in [1.807, 2.05) is 0 Å². The molecule has 0 heterocycles. The molecule has 0 aliphatic heterocycles. The average molecular weight is 136 g/mol. The van der Waals surface area contributed by atoms with Gasteiger partial charge >= 0.3 is 0 Å². The zero-order chi connectivity index (χ0) is 7.15. The fourth-order valence-electron chi connectivity index (χ4n) is 0. The van der Waals surface area contributed by atoms with Gasteiger partial charge in [-0.3, -0.25) is 0 Å². The summed E-state index contributed by atoms with van der Waals surface area (Å²) in [6, 6.07) is 0. The third-order valence-corrected chi connectivity index (χ3v) is 0. The number of carbonyl (C=O) groups excluding carboxylic acids is 2. The van der Waals surface area contributed by atoms with Crippen LogP contribution in [0.3, 0.4) is 0 Å². The van der Waals surface area contributed by atoms with Crippen LogP contribution in [0.15, 0.2) is 0 Å². The van der Waals surface area contributed by atoms with Crippen LogP contribution in [-0.4, -0.2) is 11.3 Å². The number of nitrogens with two attached hydrogens (primary N) is 2. The summed E-state index contributed by atoms with van der Waals surface area (Å²) >= 11 is 3.76. The number of primary amides is 2. The highest BCUT2D eigenvalue weighted by Gasteiger charge is 1.44. The predicted molar refractivity (Wildman–Crippen MR) is 26.5 cm³/mol. The zero-order valence-corrected chi connectivity index (χ0v) is 4.60. The second-order valence-electron chi connectivity index (χ2n) is 0.638. The Balaban J connectivity index is 0. The number of carbonyl (C=O) groups is 2. The van der Waals surface area contributed by atoms with E-state index in [4.69, 9.17) is 14.7 Å². The minimum absolute atomic E-state index is 0.750. The molecule has 0 saturated carbocycles. The number of carboxylic acid groups (broad SMARTS) is 1. The van der Waals surface area contributed by atoms with Crippen molar-refractivity contribution in [3.8, 4) is 0 Å². The van der Waals surface area contributed by atoms with Gasteiger partial charge in [0.25, 0.3) is 0 Å². The van der Waals surface area contributed by atoms with E-state index in [-0.39, 0.29) is 0 Å². The summed E-state index contributed by atoms with van der Waals surface area (Å²) < 4.78 is 0. The summed E-state index contributed by atoms with van der Waals surface area (Å²) in [7, 11) is 0. The van der Waals surface area contributed by atoms with Crippen LogP contribution >= 0.6 is 0 Å². The van der Waals surface area contributed by atoms with Crippen molar-refractivity contribution in [1.82, 2.24) is 0 Å². The molecule has 0 aromatic carbocycles. The van der Waals surface area contributed by atoms with Crippen molar-refractivity contribution < 1.29 is 14.7 Å². The highest BCUT2D eigenvalue weighted by atomic mass is 32.1. The van der Waals surface area contributed by atoms with E-state index in [2.05, 4.69) is 24.1 Å². The molecule has 2 amide bonds. The summed E-state index contributed by atoms with van der Waals surface area (Å²) in [5.41, 5.74) is 8.20. The maximum atomic E-state index is 9.04. The standard InChI is InChI=1S/CH3NO2.CH3NOS/c2*2-1(3)4/h2H2,(H,3,4);(H3,2,3,4)/p-2. The van der Waals surface area contributed by atoms with Gasteiger partial charge < -0.3 is 38.8 Å². The molecular formula is C2H4N2O3S-2. The van der Waals surface area contributed by atoms with Gasteiger partial charge in [0.2, 0.25) is 0 Å². The Kier molecular flexibility index (Phi) is 7.49. The monoisotopic (exact) mass is 136 g/mol. The zero-order valence-electron chi connectivity index (χ0n) is 3.79. The van der Waals surface area contributed by atoms with Gasteiger partial charge in [-0.15, -0.1) is 0 Å². The van der Waals surface area contributed by atoms with Gasteiger partial charge in [-0.05, 0) is 0 Å². The van der Waals surface area contributed by atoms with E-state index in [0.29, 0.717) is 0 Å². The molecule has 0 atom stereocenters. The molecule has 5 nitrogen and oxygen atoms in total. The van der Waals surface area contributed by atoms with E-state index in [1.165, 1.54) is 0 Å². The lowest BCUT2D eigenvalue weighted by Crippen LogP contribution is -2.29. The van der Waals surface area contributed by atoms with Crippen LogP contribution in [0.2, 0.25) is 0 Å². The van der Waals surface area contributed by atoms with Crippen molar-refractivity contribution in [2.24, 2.45) is 11.5 Å².